The molecule has 4 aliphatic carbocycles. The van der Waals surface area contributed by atoms with Crippen LogP contribution >= 0.6 is 0 Å². The van der Waals surface area contributed by atoms with Crippen molar-refractivity contribution in [1.29, 1.82) is 0 Å². The van der Waals surface area contributed by atoms with Gasteiger partial charge in [-0.1, -0.05) is 52.2 Å². The molecule has 8 atom stereocenters. The van der Waals surface area contributed by atoms with Gasteiger partial charge in [0.2, 0.25) is 0 Å². The SMILES string of the molecule is CC(C)CCC[C@@](C)(O)[C@@]1(O)CCC2[C@@H]3CC=C4C[C@@H](O)CC[C@]4(C)C3CC[C@@]21C. The molecule has 0 aromatic heterocycles. The van der Waals surface area contributed by atoms with Gasteiger partial charge in [0.15, 0.2) is 0 Å². The minimum absolute atomic E-state index is 0.160. The van der Waals surface area contributed by atoms with E-state index in [1.54, 1.807) is 0 Å². The van der Waals surface area contributed by atoms with Crippen LogP contribution in [0.25, 0.3) is 0 Å². The van der Waals surface area contributed by atoms with E-state index in [2.05, 4.69) is 33.8 Å². The Balaban J connectivity index is 1.58. The van der Waals surface area contributed by atoms with E-state index >= 15 is 0 Å². The average Bonchev–Trinajstić information content (AvgIpc) is 2.95. The molecule has 3 fully saturated rings. The average molecular weight is 419 g/mol. The molecule has 4 aliphatic rings. The number of rotatable bonds is 5. The van der Waals surface area contributed by atoms with Crippen LogP contribution in [0, 0.1) is 34.5 Å². The topological polar surface area (TPSA) is 60.7 Å². The highest BCUT2D eigenvalue weighted by Crippen LogP contribution is 2.68. The fraction of sp³-hybridized carbons (Fsp3) is 0.926. The van der Waals surface area contributed by atoms with E-state index in [9.17, 15) is 15.3 Å². The molecule has 3 N–H and O–H groups in total. The van der Waals surface area contributed by atoms with Crippen LogP contribution in [0.1, 0.15) is 105 Å². The summed E-state index contributed by atoms with van der Waals surface area (Å²) in [7, 11) is 0. The third-order valence-electron chi connectivity index (χ3n) is 10.6. The first-order chi connectivity index (χ1) is 13.9. The van der Waals surface area contributed by atoms with Crippen LogP contribution < -0.4 is 0 Å². The summed E-state index contributed by atoms with van der Waals surface area (Å²) in [6.45, 7) is 11.1. The van der Waals surface area contributed by atoms with E-state index in [-0.39, 0.29) is 16.9 Å². The van der Waals surface area contributed by atoms with Crippen LogP contribution in [0.15, 0.2) is 11.6 Å². The molecule has 0 aliphatic heterocycles. The van der Waals surface area contributed by atoms with Crippen LogP contribution in [0.3, 0.4) is 0 Å². The van der Waals surface area contributed by atoms with Crippen LogP contribution in [0.4, 0.5) is 0 Å². The number of aliphatic hydroxyl groups is 3. The second-order valence-electron chi connectivity index (χ2n) is 12.6. The molecule has 172 valence electrons. The smallest absolute Gasteiger partial charge is 0.0986 e. The quantitative estimate of drug-likeness (QED) is 0.508. The lowest BCUT2D eigenvalue weighted by Gasteiger charge is -2.60. The lowest BCUT2D eigenvalue weighted by atomic mass is 9.46. The third kappa shape index (κ3) is 3.25. The van der Waals surface area contributed by atoms with E-state index in [4.69, 9.17) is 0 Å². The van der Waals surface area contributed by atoms with Gasteiger partial charge in [-0.15, -0.1) is 0 Å². The number of allylic oxidation sites excluding steroid dienone is 1. The van der Waals surface area contributed by atoms with Crippen molar-refractivity contribution in [2.75, 3.05) is 0 Å². The van der Waals surface area contributed by atoms with E-state index in [0.717, 1.165) is 64.2 Å². The fourth-order valence-corrected chi connectivity index (χ4v) is 8.60. The molecule has 2 unspecified atom stereocenters. The maximum Gasteiger partial charge on any atom is 0.0986 e. The predicted molar refractivity (Wildman–Crippen MR) is 122 cm³/mol. The molecule has 0 heterocycles. The number of hydrogen-bond acceptors (Lipinski definition) is 3. The molecule has 0 saturated heterocycles. The highest BCUT2D eigenvalue weighted by atomic mass is 16.4. The van der Waals surface area contributed by atoms with Crippen LogP contribution in [0.2, 0.25) is 0 Å². The Morgan fingerprint density at radius 2 is 1.80 bits per heavy atom. The fourth-order valence-electron chi connectivity index (χ4n) is 8.60. The number of fused-ring (bicyclic) bond motifs is 5. The molecule has 0 radical (unpaired) electrons. The van der Waals surface area contributed by atoms with Gasteiger partial charge in [0.1, 0.15) is 0 Å². The zero-order valence-electron chi connectivity index (χ0n) is 20.1. The van der Waals surface area contributed by atoms with Gasteiger partial charge in [0.25, 0.3) is 0 Å². The summed E-state index contributed by atoms with van der Waals surface area (Å²) in [5.41, 5.74) is -0.484. The lowest BCUT2D eigenvalue weighted by Crippen LogP contribution is -2.63. The zero-order valence-corrected chi connectivity index (χ0v) is 20.1. The van der Waals surface area contributed by atoms with Crippen molar-refractivity contribution in [3.8, 4) is 0 Å². The van der Waals surface area contributed by atoms with Crippen molar-refractivity contribution in [2.45, 2.75) is 123 Å². The summed E-state index contributed by atoms with van der Waals surface area (Å²) in [4.78, 5) is 0. The third-order valence-corrected chi connectivity index (χ3v) is 10.6. The van der Waals surface area contributed by atoms with Gasteiger partial charge < -0.3 is 15.3 Å². The Kier molecular flexibility index (Phi) is 5.77. The maximum absolute atomic E-state index is 12.1. The Bertz CT molecular complexity index is 682. The van der Waals surface area contributed by atoms with Crippen LogP contribution in [0.5, 0.6) is 0 Å². The van der Waals surface area contributed by atoms with Gasteiger partial charge in [-0.3, -0.25) is 0 Å². The van der Waals surface area contributed by atoms with Gasteiger partial charge >= 0.3 is 0 Å². The minimum atomic E-state index is -1.02. The van der Waals surface area contributed by atoms with Gasteiger partial charge in [-0.2, -0.15) is 0 Å². The second kappa shape index (κ2) is 7.59. The molecule has 3 heteroatoms. The molecular weight excluding hydrogens is 372 g/mol. The van der Waals surface area contributed by atoms with Crippen molar-refractivity contribution < 1.29 is 15.3 Å². The highest BCUT2D eigenvalue weighted by molar-refractivity contribution is 5.27. The minimum Gasteiger partial charge on any atom is -0.393 e. The van der Waals surface area contributed by atoms with Crippen LogP contribution in [-0.2, 0) is 0 Å². The van der Waals surface area contributed by atoms with Crippen molar-refractivity contribution in [3.63, 3.8) is 0 Å². The molecule has 3 nitrogen and oxygen atoms in total. The predicted octanol–water partition coefficient (Wildman–Crippen LogP) is 5.62. The normalized spacial score (nSPS) is 47.8. The standard InChI is InChI=1S/C27H46O3/c1-18(2)7-6-13-26(5,29)27(30)16-12-23-21-9-8-19-17-20(28)10-14-24(19,3)22(21)11-15-25(23,27)4/h8,18,20-23,28-30H,6-7,9-17H2,1-5H3/t20-,21+,22?,23?,24-,25-,26+,27+/m0/s1. The zero-order chi connectivity index (χ0) is 21.9. The Morgan fingerprint density at radius 1 is 1.10 bits per heavy atom. The van der Waals surface area contributed by atoms with E-state index in [1.165, 1.54) is 5.57 Å². The molecule has 0 bridgehead atoms. The monoisotopic (exact) mass is 418 g/mol. The summed E-state index contributed by atoms with van der Waals surface area (Å²) in [5.74, 6) is 2.39. The molecule has 4 rings (SSSR count). The number of aliphatic hydroxyl groups excluding tert-OH is 1. The summed E-state index contributed by atoms with van der Waals surface area (Å²) in [6, 6.07) is 0. The second-order valence-corrected chi connectivity index (χ2v) is 12.6. The first-order valence-corrected chi connectivity index (χ1v) is 12.8. The molecule has 0 amide bonds. The molecule has 0 spiro atoms. The molecule has 0 aromatic rings. The summed E-state index contributed by atoms with van der Waals surface area (Å²) >= 11 is 0. The molecule has 3 saturated carbocycles. The summed E-state index contributed by atoms with van der Waals surface area (Å²) in [5, 5.41) is 33.8. The summed E-state index contributed by atoms with van der Waals surface area (Å²) < 4.78 is 0. The number of hydrogen-bond donors (Lipinski definition) is 3. The Morgan fingerprint density at radius 3 is 2.50 bits per heavy atom. The van der Waals surface area contributed by atoms with Gasteiger partial charge in [0, 0.05) is 5.41 Å². The van der Waals surface area contributed by atoms with E-state index < -0.39 is 11.2 Å². The Labute approximate surface area is 184 Å². The van der Waals surface area contributed by atoms with Crippen molar-refractivity contribution in [1.82, 2.24) is 0 Å². The maximum atomic E-state index is 12.1. The summed E-state index contributed by atoms with van der Waals surface area (Å²) in [6.07, 6.45) is 13.0. The van der Waals surface area contributed by atoms with E-state index in [0.29, 0.717) is 30.1 Å². The van der Waals surface area contributed by atoms with Gasteiger partial charge in [-0.05, 0) is 93.8 Å². The van der Waals surface area contributed by atoms with Crippen molar-refractivity contribution in [2.24, 2.45) is 34.5 Å². The first-order valence-electron chi connectivity index (χ1n) is 12.8. The van der Waals surface area contributed by atoms with Gasteiger partial charge in [-0.25, -0.2) is 0 Å². The first kappa shape index (κ1) is 22.8. The van der Waals surface area contributed by atoms with Crippen molar-refractivity contribution >= 4 is 0 Å². The molecular formula is C27H46O3. The van der Waals surface area contributed by atoms with Gasteiger partial charge in [0.05, 0.1) is 17.3 Å². The Hall–Kier alpha value is -0.380. The lowest BCUT2D eigenvalue weighted by molar-refractivity contribution is -0.219. The molecule has 30 heavy (non-hydrogen) atoms. The van der Waals surface area contributed by atoms with E-state index in [1.807, 2.05) is 6.92 Å². The van der Waals surface area contributed by atoms with Crippen LogP contribution in [-0.4, -0.2) is 32.6 Å². The largest absolute Gasteiger partial charge is 0.393 e. The van der Waals surface area contributed by atoms with Crippen molar-refractivity contribution in [3.05, 3.63) is 11.6 Å². The highest BCUT2D eigenvalue weighted by Gasteiger charge is 2.68. The molecule has 0 aromatic carbocycles.